The van der Waals surface area contributed by atoms with Gasteiger partial charge in [-0.15, -0.1) is 0 Å². The van der Waals surface area contributed by atoms with Crippen LogP contribution in [-0.2, 0) is 10.8 Å². The molecule has 4 rings (SSSR count). The molecule has 0 spiro atoms. The van der Waals surface area contributed by atoms with E-state index in [9.17, 15) is 0 Å². The van der Waals surface area contributed by atoms with E-state index in [0.717, 1.165) is 28.4 Å². The fraction of sp³-hybridized carbons (Fsp3) is 0.250. The molecule has 0 aromatic heterocycles. The van der Waals surface area contributed by atoms with E-state index in [2.05, 4.69) is 137 Å². The summed E-state index contributed by atoms with van der Waals surface area (Å²) in [7, 11) is 0. The molecule has 2 heteroatoms. The first-order valence-electron chi connectivity index (χ1n) is 12.0. The van der Waals surface area contributed by atoms with Crippen molar-refractivity contribution in [1.29, 1.82) is 0 Å². The standard InChI is InChI=1S/C32H36N2/c1-31(2,3)24-15-19-28(20-16-24)34(29-21-17-25(18-22-29)32(4,5)6)30-14-10-13-27(23-30)33-26-11-8-7-9-12-26/h7-23,33H,1-6H3. The predicted octanol–water partition coefficient (Wildman–Crippen LogP) is 9.49. The van der Waals surface area contributed by atoms with Crippen LogP contribution in [0.5, 0.6) is 0 Å². The minimum Gasteiger partial charge on any atom is -0.355 e. The van der Waals surface area contributed by atoms with Crippen molar-refractivity contribution in [1.82, 2.24) is 0 Å². The second-order valence-electron chi connectivity index (χ2n) is 11.0. The number of rotatable bonds is 5. The lowest BCUT2D eigenvalue weighted by molar-refractivity contribution is 0.590. The zero-order valence-corrected chi connectivity index (χ0v) is 21.3. The van der Waals surface area contributed by atoms with E-state index >= 15 is 0 Å². The SMILES string of the molecule is CC(C)(C)c1ccc(N(c2ccc(C(C)(C)C)cc2)c2cccc(Nc3ccccc3)c2)cc1. The van der Waals surface area contributed by atoms with Crippen LogP contribution in [0, 0.1) is 0 Å². The largest absolute Gasteiger partial charge is 0.355 e. The Hall–Kier alpha value is -3.52. The Labute approximate surface area is 205 Å². The maximum absolute atomic E-state index is 3.53. The summed E-state index contributed by atoms with van der Waals surface area (Å²) in [4.78, 5) is 2.33. The second-order valence-corrected chi connectivity index (χ2v) is 11.0. The molecule has 2 nitrogen and oxygen atoms in total. The Kier molecular flexibility index (Phi) is 6.52. The van der Waals surface area contributed by atoms with Crippen LogP contribution in [0.25, 0.3) is 0 Å². The zero-order chi connectivity index (χ0) is 24.3. The molecule has 0 saturated carbocycles. The number of benzene rings is 4. The van der Waals surface area contributed by atoms with Gasteiger partial charge >= 0.3 is 0 Å². The normalized spacial score (nSPS) is 11.8. The van der Waals surface area contributed by atoms with E-state index in [1.807, 2.05) is 18.2 Å². The summed E-state index contributed by atoms with van der Waals surface area (Å²) in [5.41, 5.74) is 8.46. The first kappa shape index (κ1) is 23.6. The Morgan fingerprint density at radius 1 is 0.471 bits per heavy atom. The smallest absolute Gasteiger partial charge is 0.0482 e. The van der Waals surface area contributed by atoms with Gasteiger partial charge in [0.2, 0.25) is 0 Å². The number of nitrogens with one attached hydrogen (secondary N) is 1. The molecule has 0 aliphatic heterocycles. The molecule has 0 heterocycles. The van der Waals surface area contributed by atoms with Crippen molar-refractivity contribution < 1.29 is 0 Å². The number of hydrogen-bond acceptors (Lipinski definition) is 2. The van der Waals surface area contributed by atoms with Crippen molar-refractivity contribution in [2.45, 2.75) is 52.4 Å². The van der Waals surface area contributed by atoms with Crippen LogP contribution in [-0.4, -0.2) is 0 Å². The molecule has 0 aliphatic carbocycles. The summed E-state index contributed by atoms with van der Waals surface area (Å²) in [6.45, 7) is 13.5. The third kappa shape index (κ3) is 5.51. The Bertz CT molecular complexity index is 1150. The van der Waals surface area contributed by atoms with Gasteiger partial charge in [0.05, 0.1) is 0 Å². The summed E-state index contributed by atoms with van der Waals surface area (Å²) in [5.74, 6) is 0. The van der Waals surface area contributed by atoms with Crippen LogP contribution in [0.4, 0.5) is 28.4 Å². The average Bonchev–Trinajstić information content (AvgIpc) is 2.80. The molecule has 0 aliphatic rings. The molecule has 174 valence electrons. The summed E-state index contributed by atoms with van der Waals surface area (Å²) in [6.07, 6.45) is 0. The van der Waals surface area contributed by atoms with Gasteiger partial charge in [-0.05, 0) is 76.6 Å². The quantitative estimate of drug-likeness (QED) is 0.327. The Morgan fingerprint density at radius 2 is 0.941 bits per heavy atom. The van der Waals surface area contributed by atoms with Crippen LogP contribution < -0.4 is 10.2 Å². The van der Waals surface area contributed by atoms with Crippen LogP contribution >= 0.6 is 0 Å². The third-order valence-corrected chi connectivity index (χ3v) is 6.15. The zero-order valence-electron chi connectivity index (χ0n) is 21.3. The first-order chi connectivity index (χ1) is 16.1. The van der Waals surface area contributed by atoms with Gasteiger partial charge < -0.3 is 10.2 Å². The van der Waals surface area contributed by atoms with Gasteiger partial charge in [-0.2, -0.15) is 0 Å². The van der Waals surface area contributed by atoms with E-state index in [0.29, 0.717) is 0 Å². The van der Waals surface area contributed by atoms with Crippen LogP contribution in [0.2, 0.25) is 0 Å². The van der Waals surface area contributed by atoms with Crippen LogP contribution in [0.15, 0.2) is 103 Å². The van der Waals surface area contributed by atoms with E-state index in [-0.39, 0.29) is 10.8 Å². The molecule has 4 aromatic carbocycles. The molecule has 4 aromatic rings. The highest BCUT2D eigenvalue weighted by Crippen LogP contribution is 2.38. The highest BCUT2D eigenvalue weighted by atomic mass is 15.1. The number of anilines is 5. The van der Waals surface area contributed by atoms with E-state index in [1.54, 1.807) is 0 Å². The van der Waals surface area contributed by atoms with Crippen molar-refractivity contribution in [2.24, 2.45) is 0 Å². The second kappa shape index (κ2) is 9.38. The van der Waals surface area contributed by atoms with E-state index < -0.39 is 0 Å². The van der Waals surface area contributed by atoms with Gasteiger partial charge in [-0.3, -0.25) is 0 Å². The topological polar surface area (TPSA) is 15.3 Å². The number of para-hydroxylation sites is 1. The van der Waals surface area contributed by atoms with Gasteiger partial charge in [0.15, 0.2) is 0 Å². The highest BCUT2D eigenvalue weighted by Gasteiger charge is 2.18. The minimum absolute atomic E-state index is 0.122. The van der Waals surface area contributed by atoms with Gasteiger partial charge in [0.25, 0.3) is 0 Å². The molecule has 0 saturated heterocycles. The molecule has 0 radical (unpaired) electrons. The van der Waals surface area contributed by atoms with Gasteiger partial charge in [0.1, 0.15) is 0 Å². The predicted molar refractivity (Wildman–Crippen MR) is 148 cm³/mol. The molecular formula is C32H36N2. The molecule has 0 unspecified atom stereocenters. The number of nitrogens with zero attached hydrogens (tertiary/aromatic N) is 1. The maximum Gasteiger partial charge on any atom is 0.0482 e. The average molecular weight is 449 g/mol. The Morgan fingerprint density at radius 3 is 1.41 bits per heavy atom. The highest BCUT2D eigenvalue weighted by molar-refractivity contribution is 5.79. The monoisotopic (exact) mass is 448 g/mol. The molecule has 0 atom stereocenters. The van der Waals surface area contributed by atoms with Gasteiger partial charge in [-0.25, -0.2) is 0 Å². The lowest BCUT2D eigenvalue weighted by Gasteiger charge is -2.28. The minimum atomic E-state index is 0.122. The summed E-state index contributed by atoms with van der Waals surface area (Å²) in [5, 5.41) is 3.53. The van der Waals surface area contributed by atoms with Crippen LogP contribution in [0.3, 0.4) is 0 Å². The van der Waals surface area contributed by atoms with Gasteiger partial charge in [0, 0.05) is 28.4 Å². The van der Waals surface area contributed by atoms with Gasteiger partial charge in [-0.1, -0.05) is 90.1 Å². The molecule has 34 heavy (non-hydrogen) atoms. The first-order valence-corrected chi connectivity index (χ1v) is 12.0. The van der Waals surface area contributed by atoms with E-state index in [4.69, 9.17) is 0 Å². The van der Waals surface area contributed by atoms with Crippen molar-refractivity contribution in [3.63, 3.8) is 0 Å². The molecule has 1 N–H and O–H groups in total. The maximum atomic E-state index is 3.53. The van der Waals surface area contributed by atoms with Crippen molar-refractivity contribution in [3.8, 4) is 0 Å². The lowest BCUT2D eigenvalue weighted by Crippen LogP contribution is -2.14. The third-order valence-electron chi connectivity index (χ3n) is 6.15. The lowest BCUT2D eigenvalue weighted by atomic mass is 9.86. The van der Waals surface area contributed by atoms with Crippen LogP contribution in [0.1, 0.15) is 52.7 Å². The summed E-state index contributed by atoms with van der Waals surface area (Å²) in [6, 6.07) is 36.8. The van der Waals surface area contributed by atoms with Crippen molar-refractivity contribution in [2.75, 3.05) is 10.2 Å². The molecular weight excluding hydrogens is 412 g/mol. The van der Waals surface area contributed by atoms with Crippen molar-refractivity contribution in [3.05, 3.63) is 114 Å². The fourth-order valence-electron chi connectivity index (χ4n) is 4.08. The number of hydrogen-bond donors (Lipinski definition) is 1. The summed E-state index contributed by atoms with van der Waals surface area (Å²) >= 11 is 0. The van der Waals surface area contributed by atoms with E-state index in [1.165, 1.54) is 11.1 Å². The molecule has 0 amide bonds. The fourth-order valence-corrected chi connectivity index (χ4v) is 4.08. The van der Waals surface area contributed by atoms with Crippen molar-refractivity contribution >= 4 is 28.4 Å². The molecule has 0 bridgehead atoms. The molecule has 0 fully saturated rings. The summed E-state index contributed by atoms with van der Waals surface area (Å²) < 4.78 is 0. The Balaban J connectivity index is 1.76.